The maximum atomic E-state index is 16.1. The van der Waals surface area contributed by atoms with Gasteiger partial charge in [0.05, 0.1) is 6.04 Å². The fourth-order valence-corrected chi connectivity index (χ4v) is 19.2. The Balaban J connectivity index is 0.772. The number of likely N-dealkylation sites (tertiary alicyclic amines) is 3. The summed E-state index contributed by atoms with van der Waals surface area (Å²) in [6.07, 6.45) is 11.5. The number of carbonyl (C=O) groups excluding carboxylic acids is 13. The second-order valence-electron chi connectivity index (χ2n) is 37.1. The summed E-state index contributed by atoms with van der Waals surface area (Å²) >= 11 is 0. The third-order valence-electron chi connectivity index (χ3n) is 26.9. The number of rotatable bonds is 48. The smallest absolute Gasteiger partial charge is 0.246 e. The van der Waals surface area contributed by atoms with Gasteiger partial charge in [-0.25, -0.2) is 0 Å². The average Bonchev–Trinajstić information content (AvgIpc) is 1.66. The summed E-state index contributed by atoms with van der Waals surface area (Å²) in [7, 11) is 0. The van der Waals surface area contributed by atoms with E-state index in [2.05, 4.69) is 83.4 Å². The second-order valence-corrected chi connectivity index (χ2v) is 37.1. The first-order valence-corrected chi connectivity index (χ1v) is 48.2. The molecule has 740 valence electrons. The SMILES string of the molecule is CC[C@H](C)[C@H](N)C(=O)N[C@@H](CC(C)C)C(=O)N1CCC[C@H]1C(=O)N[C@@H](Cc1c[nH]c2ccccc12)C(=O)N[C@@H](CCCCN)C(=O)N[C@@H](Cc1c[nH]c2ccccc12)C(=O)N1CCC[C@H]1C(=O)N[C@@H](Cc1c[nH]c2ccccc12)C(=O)N[C@@H](Cc1c[nH]c2ccccc12)C(=O)N1CCC[C@H]1C(=O)N[C@@H](Cc1c[nH]c2ccccc12)C(=O)N[C@@H](CCCNC(=N)N)C(=O)N[C@H](CCCNC(=N)N)C(N)=O. The van der Waals surface area contributed by atoms with Gasteiger partial charge in [-0.15, -0.1) is 0 Å². The Bertz CT molecular complexity index is 6070. The maximum Gasteiger partial charge on any atom is 0.246 e. The predicted octanol–water partition coefficient (Wildman–Crippen LogP) is 3.50. The lowest BCUT2D eigenvalue weighted by atomic mass is 9.97. The van der Waals surface area contributed by atoms with Crippen LogP contribution in [-0.4, -0.2) is 246 Å². The molecule has 0 bridgehead atoms. The number of benzene rings is 5. The van der Waals surface area contributed by atoms with Gasteiger partial charge in [-0.2, -0.15) is 0 Å². The molecular formula is C100H132N26O13. The van der Waals surface area contributed by atoms with E-state index in [9.17, 15) is 19.2 Å². The van der Waals surface area contributed by atoms with E-state index < -0.39 is 155 Å². The van der Waals surface area contributed by atoms with Crippen molar-refractivity contribution in [3.63, 3.8) is 0 Å². The van der Waals surface area contributed by atoms with E-state index in [1.807, 2.05) is 149 Å². The lowest BCUT2D eigenvalue weighted by Gasteiger charge is -2.32. The van der Waals surface area contributed by atoms with Gasteiger partial charge < -0.3 is 127 Å². The van der Waals surface area contributed by atoms with Gasteiger partial charge in [-0.1, -0.05) is 125 Å². The first kappa shape index (κ1) is 102. The zero-order valence-electron chi connectivity index (χ0n) is 79.0. The molecule has 39 nitrogen and oxygen atoms in total. The molecule has 13 rings (SSSR count). The van der Waals surface area contributed by atoms with Crippen LogP contribution >= 0.6 is 0 Å². The highest BCUT2D eigenvalue weighted by atomic mass is 16.2. The van der Waals surface area contributed by atoms with Crippen LogP contribution in [0.25, 0.3) is 54.5 Å². The molecule has 0 radical (unpaired) electrons. The molecule has 0 saturated carbocycles. The number of primary amides is 1. The molecule has 0 aliphatic carbocycles. The summed E-state index contributed by atoms with van der Waals surface area (Å²) < 4.78 is 0. The summed E-state index contributed by atoms with van der Waals surface area (Å²) in [5, 5.41) is 50.7. The minimum Gasteiger partial charge on any atom is -0.370 e. The molecule has 5 aromatic carbocycles. The number of carbonyl (C=O) groups is 13. The topological polar surface area (TPSA) is 621 Å². The zero-order chi connectivity index (χ0) is 99.1. The van der Waals surface area contributed by atoms with Crippen LogP contribution in [0.3, 0.4) is 0 Å². The molecule has 39 heteroatoms. The van der Waals surface area contributed by atoms with E-state index in [0.29, 0.717) is 71.9 Å². The number of unbranched alkanes of at least 4 members (excludes halogenated alkanes) is 1. The number of H-pyrrole nitrogens is 5. The Hall–Kier alpha value is -14.6. The van der Waals surface area contributed by atoms with Gasteiger partial charge in [0.15, 0.2) is 11.9 Å². The van der Waals surface area contributed by atoms with E-state index in [1.165, 1.54) is 14.7 Å². The molecule has 3 aliphatic heterocycles. The van der Waals surface area contributed by atoms with Crippen LogP contribution in [0.2, 0.25) is 0 Å². The van der Waals surface area contributed by atoms with Crippen LogP contribution < -0.4 is 87.2 Å². The van der Waals surface area contributed by atoms with E-state index in [0.717, 1.165) is 49.0 Å². The number of hydrogen-bond donors (Lipinski definition) is 23. The molecule has 0 unspecified atom stereocenters. The summed E-state index contributed by atoms with van der Waals surface area (Å²) in [6, 6.07) is 20.3. The third kappa shape index (κ3) is 26.0. The van der Waals surface area contributed by atoms with Crippen molar-refractivity contribution < 1.29 is 62.3 Å². The van der Waals surface area contributed by atoms with E-state index in [1.54, 1.807) is 31.0 Å². The van der Waals surface area contributed by atoms with Crippen molar-refractivity contribution >= 4 is 143 Å². The summed E-state index contributed by atoms with van der Waals surface area (Å²) in [6.45, 7) is 8.37. The Kier molecular flexibility index (Phi) is 35.1. The van der Waals surface area contributed by atoms with E-state index in [4.69, 9.17) is 39.5 Å². The lowest BCUT2D eigenvalue weighted by Crippen LogP contribution is -2.61. The highest BCUT2D eigenvalue weighted by Crippen LogP contribution is 2.31. The largest absolute Gasteiger partial charge is 0.370 e. The van der Waals surface area contributed by atoms with Gasteiger partial charge in [0, 0.05) is 150 Å². The quantitative estimate of drug-likeness (QED) is 0.0147. The van der Waals surface area contributed by atoms with Crippen molar-refractivity contribution in [1.82, 2.24) is 98.1 Å². The minimum absolute atomic E-state index is 0.0147. The van der Waals surface area contributed by atoms with Crippen LogP contribution in [0.1, 0.15) is 152 Å². The summed E-state index contributed by atoms with van der Waals surface area (Å²) in [5.41, 5.74) is 36.1. The van der Waals surface area contributed by atoms with Crippen LogP contribution in [0.4, 0.5) is 0 Å². The highest BCUT2D eigenvalue weighted by Gasteiger charge is 2.46. The molecule has 0 spiro atoms. The fourth-order valence-electron chi connectivity index (χ4n) is 19.2. The third-order valence-corrected chi connectivity index (χ3v) is 26.9. The van der Waals surface area contributed by atoms with Crippen LogP contribution in [-0.2, 0) is 94.4 Å². The maximum absolute atomic E-state index is 16.1. The number of guanidine groups is 2. The van der Waals surface area contributed by atoms with Gasteiger partial charge >= 0.3 is 0 Å². The molecule has 8 heterocycles. The number of amides is 13. The highest BCUT2D eigenvalue weighted by molar-refractivity contribution is 6.02. The Morgan fingerprint density at radius 1 is 0.367 bits per heavy atom. The summed E-state index contributed by atoms with van der Waals surface area (Å²) in [5.74, 6) is -10.1. The number of hydrogen-bond acceptors (Lipinski definition) is 17. The Labute approximate surface area is 804 Å². The molecule has 3 fully saturated rings. The second kappa shape index (κ2) is 47.9. The molecule has 13 amide bonds. The minimum atomic E-state index is -1.48. The monoisotopic (exact) mass is 1910 g/mol. The van der Waals surface area contributed by atoms with Crippen LogP contribution in [0.5, 0.6) is 0 Å². The average molecular weight is 1910 g/mol. The standard InChI is InChI=1S/C100H132N26O13/c1-5-57(4)85(102)95(136)123-79(45-56(2)3)96(137)124-42-20-36-82(124)92(133)118-76(46-58-51-110-68-28-11-6-23-63(58)68)89(130)116-74(33-16-17-39-101)88(129)121-80(49-61-54-113-71-31-14-9-26-66(61)71)97(138)125-43-21-38-84(125)94(135)120-78(48-60-53-112-70-30-13-8-25-65(60)70)91(132)122-81(50-62-55-114-72-32-15-10-27-67(62)72)98(139)126-44-22-37-83(126)93(134)119-77(47-59-52-111-69-29-12-7-24-64(59)69)90(131)117-75(35-19-41-109-100(106)107)87(128)115-73(86(103)127)34-18-40-108-99(104)105/h6-15,23-32,51-57,73-85,110-114H,5,16-22,33-50,101-102H2,1-4H3,(H2,103,127)(H,115,128)(H,116,130)(H,117,131)(H,118,133)(H,119,134)(H,120,135)(H,121,129)(H,122,132)(H,123,136)(H4,104,105,108)(H4,106,107,109)/t57-,73+,74-,75-,76-,77-,78-,79-,80-,81-,82-,83-,84-,85-/m0/s1. The number of para-hydroxylation sites is 5. The van der Waals surface area contributed by atoms with Gasteiger partial charge in [-0.05, 0) is 166 Å². The van der Waals surface area contributed by atoms with Gasteiger partial charge in [0.1, 0.15) is 72.5 Å². The molecule has 3 saturated heterocycles. The van der Waals surface area contributed by atoms with Crippen LogP contribution in [0.15, 0.2) is 152 Å². The number of fused-ring (bicyclic) bond motifs is 5. The summed E-state index contributed by atoms with van der Waals surface area (Å²) in [4.78, 5) is 217. The number of nitrogens with two attached hydrogens (primary N) is 5. The first-order valence-electron chi connectivity index (χ1n) is 48.2. The molecule has 28 N–H and O–H groups in total. The number of aromatic amines is 5. The normalized spacial score (nSPS) is 17.2. The van der Waals surface area contributed by atoms with Crippen molar-refractivity contribution in [3.8, 4) is 0 Å². The van der Waals surface area contributed by atoms with Crippen molar-refractivity contribution in [2.75, 3.05) is 39.3 Å². The van der Waals surface area contributed by atoms with Crippen molar-refractivity contribution in [2.24, 2.45) is 40.5 Å². The number of aromatic nitrogens is 5. The molecule has 10 aromatic rings. The lowest BCUT2D eigenvalue weighted by molar-refractivity contribution is -0.143. The van der Waals surface area contributed by atoms with Gasteiger partial charge in [-0.3, -0.25) is 73.1 Å². The Morgan fingerprint density at radius 2 is 0.647 bits per heavy atom. The molecule has 14 atom stereocenters. The fraction of sp³-hybridized carbons (Fsp3) is 0.450. The number of nitrogens with one attached hydrogen (secondary N) is 18. The van der Waals surface area contributed by atoms with Gasteiger partial charge in [0.2, 0.25) is 76.8 Å². The first-order chi connectivity index (χ1) is 66.9. The molecule has 3 aliphatic rings. The predicted molar refractivity (Wildman–Crippen MR) is 529 cm³/mol. The van der Waals surface area contributed by atoms with Crippen molar-refractivity contribution in [2.45, 2.75) is 235 Å². The van der Waals surface area contributed by atoms with E-state index >= 15 is 43.2 Å². The Morgan fingerprint density at radius 3 is 0.957 bits per heavy atom. The van der Waals surface area contributed by atoms with Crippen molar-refractivity contribution in [1.29, 1.82) is 10.8 Å². The van der Waals surface area contributed by atoms with Crippen molar-refractivity contribution in [3.05, 3.63) is 180 Å². The molecule has 139 heavy (non-hydrogen) atoms. The number of nitrogens with zero attached hydrogens (tertiary/aromatic N) is 3. The zero-order valence-corrected chi connectivity index (χ0v) is 79.0. The van der Waals surface area contributed by atoms with Crippen LogP contribution in [0, 0.1) is 22.7 Å². The van der Waals surface area contributed by atoms with Gasteiger partial charge in [0.25, 0.3) is 0 Å². The molecular weight excluding hydrogens is 1770 g/mol. The molecule has 5 aromatic heterocycles. The van der Waals surface area contributed by atoms with E-state index in [-0.39, 0.29) is 153 Å².